The molecule has 0 bridgehead atoms. The Labute approximate surface area is 136 Å². The van der Waals surface area contributed by atoms with E-state index in [0.717, 1.165) is 16.7 Å². The van der Waals surface area contributed by atoms with Gasteiger partial charge in [0.25, 0.3) is 5.91 Å². The van der Waals surface area contributed by atoms with Gasteiger partial charge in [0.2, 0.25) is 0 Å². The van der Waals surface area contributed by atoms with Crippen molar-refractivity contribution < 1.29 is 24.5 Å². The maximum atomic E-state index is 12.2. The standard InChI is InChI=1S/C14H13NO5S2/c1-2-20-9-5-3-4-8(12(9)18)6-10-13(19)15(7-11(16)17)14(21)22-10/h3-6,18H,2,7H2,1H3,(H,16,17)/b10-6+. The molecule has 0 unspecified atom stereocenters. The molecule has 8 heteroatoms. The van der Waals surface area contributed by atoms with Gasteiger partial charge in [-0.15, -0.1) is 0 Å². The van der Waals surface area contributed by atoms with Crippen molar-refractivity contribution >= 4 is 46.3 Å². The summed E-state index contributed by atoms with van der Waals surface area (Å²) in [7, 11) is 0. The summed E-state index contributed by atoms with van der Waals surface area (Å²) in [5, 5.41) is 18.9. The fourth-order valence-corrected chi connectivity index (χ4v) is 3.09. The molecule has 1 fully saturated rings. The number of thioether (sulfide) groups is 1. The molecule has 0 saturated carbocycles. The predicted octanol–water partition coefficient (Wildman–Crippen LogP) is 2.08. The summed E-state index contributed by atoms with van der Waals surface area (Å²) in [6, 6.07) is 4.93. The fourth-order valence-electron chi connectivity index (χ4n) is 1.84. The highest BCUT2D eigenvalue weighted by Gasteiger charge is 2.33. The van der Waals surface area contributed by atoms with E-state index in [-0.39, 0.29) is 15.0 Å². The Bertz CT molecular complexity index is 671. The molecule has 1 aliphatic heterocycles. The van der Waals surface area contributed by atoms with Crippen LogP contribution in [0.1, 0.15) is 12.5 Å². The van der Waals surface area contributed by atoms with E-state index in [1.165, 1.54) is 6.08 Å². The number of hydrogen-bond donors (Lipinski definition) is 2. The molecule has 0 aliphatic carbocycles. The minimum atomic E-state index is -1.14. The molecule has 1 saturated heterocycles. The average molecular weight is 339 g/mol. The number of carbonyl (C=O) groups is 2. The number of rotatable bonds is 5. The molecule has 1 aromatic carbocycles. The second kappa shape index (κ2) is 6.80. The number of hydrogen-bond acceptors (Lipinski definition) is 6. The fraction of sp³-hybridized carbons (Fsp3) is 0.214. The summed E-state index contributed by atoms with van der Waals surface area (Å²) in [6.07, 6.45) is 1.47. The molecule has 1 aliphatic rings. The van der Waals surface area contributed by atoms with E-state index >= 15 is 0 Å². The third kappa shape index (κ3) is 3.40. The number of thiocarbonyl (C=S) groups is 1. The molecular formula is C14H13NO5S2. The molecule has 0 aromatic heterocycles. The maximum Gasteiger partial charge on any atom is 0.323 e. The first-order valence-electron chi connectivity index (χ1n) is 6.36. The molecule has 0 radical (unpaired) electrons. The van der Waals surface area contributed by atoms with Gasteiger partial charge in [0.1, 0.15) is 10.9 Å². The van der Waals surface area contributed by atoms with Crippen LogP contribution in [0.25, 0.3) is 6.08 Å². The van der Waals surface area contributed by atoms with E-state index in [0.29, 0.717) is 17.9 Å². The Morgan fingerprint density at radius 2 is 2.23 bits per heavy atom. The van der Waals surface area contributed by atoms with Crippen molar-refractivity contribution in [2.75, 3.05) is 13.2 Å². The van der Waals surface area contributed by atoms with E-state index < -0.39 is 18.4 Å². The van der Waals surface area contributed by atoms with Gasteiger partial charge in [-0.1, -0.05) is 36.1 Å². The van der Waals surface area contributed by atoms with Crippen LogP contribution in [-0.4, -0.2) is 44.5 Å². The van der Waals surface area contributed by atoms with E-state index in [4.69, 9.17) is 22.1 Å². The van der Waals surface area contributed by atoms with E-state index in [2.05, 4.69) is 0 Å². The highest BCUT2D eigenvalue weighted by atomic mass is 32.2. The van der Waals surface area contributed by atoms with Crippen molar-refractivity contribution in [3.8, 4) is 11.5 Å². The number of phenolic OH excluding ortho intramolecular Hbond substituents is 1. The van der Waals surface area contributed by atoms with Gasteiger partial charge in [-0.3, -0.25) is 14.5 Å². The summed E-state index contributed by atoms with van der Waals surface area (Å²) in [4.78, 5) is 24.2. The summed E-state index contributed by atoms with van der Waals surface area (Å²) < 4.78 is 5.46. The zero-order chi connectivity index (χ0) is 16.3. The first-order valence-corrected chi connectivity index (χ1v) is 7.58. The molecule has 1 amide bonds. The molecule has 1 heterocycles. The number of aliphatic carboxylic acids is 1. The summed E-state index contributed by atoms with van der Waals surface area (Å²) >= 11 is 6.01. The smallest absolute Gasteiger partial charge is 0.323 e. The zero-order valence-electron chi connectivity index (χ0n) is 11.6. The monoisotopic (exact) mass is 339 g/mol. The first kappa shape index (κ1) is 16.3. The third-order valence-corrected chi connectivity index (χ3v) is 4.16. The lowest BCUT2D eigenvalue weighted by Crippen LogP contribution is -2.33. The molecule has 0 atom stereocenters. The van der Waals surface area contributed by atoms with Crippen molar-refractivity contribution in [2.24, 2.45) is 0 Å². The van der Waals surface area contributed by atoms with Crippen LogP contribution < -0.4 is 4.74 Å². The number of phenols is 1. The molecule has 1 aromatic rings. The minimum absolute atomic E-state index is 0.0761. The van der Waals surface area contributed by atoms with Crippen LogP contribution in [0.15, 0.2) is 23.1 Å². The third-order valence-electron chi connectivity index (χ3n) is 2.78. The van der Waals surface area contributed by atoms with Crippen molar-refractivity contribution in [3.63, 3.8) is 0 Å². The van der Waals surface area contributed by atoms with Crippen LogP contribution >= 0.6 is 24.0 Å². The number of carboxylic acids is 1. The number of para-hydroxylation sites is 1. The first-order chi connectivity index (χ1) is 10.4. The van der Waals surface area contributed by atoms with Gasteiger partial charge in [0.15, 0.2) is 11.5 Å². The van der Waals surface area contributed by atoms with Crippen LogP contribution in [0, 0.1) is 0 Å². The number of carbonyl (C=O) groups excluding carboxylic acids is 1. The molecular weight excluding hydrogens is 326 g/mol. The SMILES string of the molecule is CCOc1cccc(/C=C2/SC(=S)N(CC(=O)O)C2=O)c1O. The van der Waals surface area contributed by atoms with Gasteiger partial charge in [0.05, 0.1) is 11.5 Å². The number of amides is 1. The van der Waals surface area contributed by atoms with E-state index in [1.807, 2.05) is 0 Å². The van der Waals surface area contributed by atoms with Gasteiger partial charge < -0.3 is 14.9 Å². The van der Waals surface area contributed by atoms with Crippen LogP contribution in [0.5, 0.6) is 11.5 Å². The van der Waals surface area contributed by atoms with Crippen LogP contribution in [-0.2, 0) is 9.59 Å². The molecule has 2 N–H and O–H groups in total. The Hall–Kier alpha value is -2.06. The van der Waals surface area contributed by atoms with Crippen LogP contribution in [0.2, 0.25) is 0 Å². The Morgan fingerprint density at radius 3 is 2.86 bits per heavy atom. The summed E-state index contributed by atoms with van der Waals surface area (Å²) in [5.74, 6) is -1.39. The zero-order valence-corrected chi connectivity index (χ0v) is 13.2. The number of nitrogens with zero attached hydrogens (tertiary/aromatic N) is 1. The van der Waals surface area contributed by atoms with Crippen molar-refractivity contribution in [2.45, 2.75) is 6.92 Å². The second-order valence-corrected chi connectivity index (χ2v) is 5.96. The van der Waals surface area contributed by atoms with Crippen LogP contribution in [0.4, 0.5) is 0 Å². The Morgan fingerprint density at radius 1 is 1.50 bits per heavy atom. The van der Waals surface area contributed by atoms with Crippen molar-refractivity contribution in [3.05, 3.63) is 28.7 Å². The van der Waals surface area contributed by atoms with Gasteiger partial charge in [-0.2, -0.15) is 0 Å². The number of aromatic hydroxyl groups is 1. The van der Waals surface area contributed by atoms with Crippen molar-refractivity contribution in [1.29, 1.82) is 0 Å². The minimum Gasteiger partial charge on any atom is -0.504 e. The normalized spacial score (nSPS) is 16.4. The molecule has 22 heavy (non-hydrogen) atoms. The predicted molar refractivity (Wildman–Crippen MR) is 86.8 cm³/mol. The quantitative estimate of drug-likeness (QED) is 0.627. The lowest BCUT2D eigenvalue weighted by Gasteiger charge is -2.10. The maximum absolute atomic E-state index is 12.2. The average Bonchev–Trinajstić information content (AvgIpc) is 2.71. The highest BCUT2D eigenvalue weighted by Crippen LogP contribution is 2.36. The molecule has 116 valence electrons. The van der Waals surface area contributed by atoms with Gasteiger partial charge in [-0.05, 0) is 19.1 Å². The van der Waals surface area contributed by atoms with Gasteiger partial charge in [-0.25, -0.2) is 0 Å². The number of carboxylic acid groups (broad SMARTS) is 1. The molecule has 0 spiro atoms. The number of ether oxygens (including phenoxy) is 1. The topological polar surface area (TPSA) is 87.1 Å². The highest BCUT2D eigenvalue weighted by molar-refractivity contribution is 8.26. The largest absolute Gasteiger partial charge is 0.504 e. The number of benzene rings is 1. The van der Waals surface area contributed by atoms with E-state index in [1.54, 1.807) is 25.1 Å². The lowest BCUT2D eigenvalue weighted by molar-refractivity contribution is -0.140. The summed E-state index contributed by atoms with van der Waals surface area (Å²) in [5.41, 5.74) is 0.404. The van der Waals surface area contributed by atoms with Gasteiger partial charge >= 0.3 is 5.97 Å². The van der Waals surface area contributed by atoms with Crippen molar-refractivity contribution in [1.82, 2.24) is 4.90 Å². The summed E-state index contributed by atoms with van der Waals surface area (Å²) in [6.45, 7) is 1.72. The second-order valence-electron chi connectivity index (χ2n) is 4.29. The van der Waals surface area contributed by atoms with Gasteiger partial charge in [0, 0.05) is 5.56 Å². The molecule has 2 rings (SSSR count). The lowest BCUT2D eigenvalue weighted by atomic mass is 10.1. The Balaban J connectivity index is 2.31. The van der Waals surface area contributed by atoms with Crippen LogP contribution in [0.3, 0.4) is 0 Å². The Kier molecular flexibility index (Phi) is 5.04. The molecule has 6 nitrogen and oxygen atoms in total. The van der Waals surface area contributed by atoms with E-state index in [9.17, 15) is 14.7 Å².